The third-order valence-corrected chi connectivity index (χ3v) is 5.30. The molecule has 0 radical (unpaired) electrons. The Labute approximate surface area is 89.5 Å². The van der Waals surface area contributed by atoms with Crippen molar-refractivity contribution in [3.63, 3.8) is 0 Å². The maximum atomic E-state index is 11.5. The first-order chi connectivity index (χ1) is 6.82. The number of carboxylic acid groups (broad SMARTS) is 1. The monoisotopic (exact) mass is 210 g/mol. The molecule has 2 fully saturated rings. The average Bonchev–Trinajstić information content (AvgIpc) is 2.46. The van der Waals surface area contributed by atoms with Gasteiger partial charge in [0.1, 0.15) is 0 Å². The second kappa shape index (κ2) is 2.54. The van der Waals surface area contributed by atoms with Gasteiger partial charge in [0.2, 0.25) is 0 Å². The number of hydrazone groups is 1. The Bertz CT molecular complexity index is 362. The van der Waals surface area contributed by atoms with Crippen LogP contribution in [0.25, 0.3) is 0 Å². The van der Waals surface area contributed by atoms with Crippen LogP contribution in [-0.4, -0.2) is 16.8 Å². The molecule has 3 N–H and O–H groups in total. The molecule has 2 atom stereocenters. The Morgan fingerprint density at radius 2 is 2.00 bits per heavy atom. The van der Waals surface area contributed by atoms with Crippen molar-refractivity contribution in [1.82, 2.24) is 0 Å². The van der Waals surface area contributed by atoms with Crippen molar-refractivity contribution in [2.45, 2.75) is 40.0 Å². The molecule has 2 aliphatic carbocycles. The Morgan fingerprint density at radius 3 is 2.33 bits per heavy atom. The van der Waals surface area contributed by atoms with Crippen LogP contribution in [0.15, 0.2) is 5.10 Å². The molecule has 15 heavy (non-hydrogen) atoms. The zero-order valence-electron chi connectivity index (χ0n) is 9.50. The van der Waals surface area contributed by atoms with E-state index in [0.29, 0.717) is 6.42 Å². The zero-order chi connectivity index (χ0) is 11.5. The lowest BCUT2D eigenvalue weighted by Crippen LogP contribution is -2.40. The fourth-order valence-electron chi connectivity index (χ4n) is 3.55. The van der Waals surface area contributed by atoms with Crippen molar-refractivity contribution in [2.75, 3.05) is 0 Å². The van der Waals surface area contributed by atoms with Gasteiger partial charge in [-0.3, -0.25) is 4.79 Å². The van der Waals surface area contributed by atoms with Crippen LogP contribution in [0.5, 0.6) is 0 Å². The van der Waals surface area contributed by atoms with Gasteiger partial charge in [-0.2, -0.15) is 5.10 Å². The van der Waals surface area contributed by atoms with E-state index in [4.69, 9.17) is 5.84 Å². The first-order valence-corrected chi connectivity index (χ1v) is 5.32. The predicted octanol–water partition coefficient (Wildman–Crippen LogP) is 1.60. The molecule has 0 aliphatic heterocycles. The summed E-state index contributed by atoms with van der Waals surface area (Å²) in [6.45, 7) is 6.16. The summed E-state index contributed by atoms with van der Waals surface area (Å²) in [7, 11) is 0. The Kier molecular flexibility index (Phi) is 1.77. The summed E-state index contributed by atoms with van der Waals surface area (Å²) in [6, 6.07) is 0. The minimum atomic E-state index is -0.699. The number of carbonyl (C=O) groups is 1. The Hall–Kier alpha value is -1.06. The number of nitrogens with zero attached hydrogens (tertiary/aromatic N) is 1. The molecule has 0 aromatic rings. The number of nitrogens with two attached hydrogens (primary N) is 1. The lowest BCUT2D eigenvalue weighted by atomic mass is 9.65. The number of aliphatic carboxylic acids is 1. The van der Waals surface area contributed by atoms with Crippen LogP contribution in [0.2, 0.25) is 0 Å². The van der Waals surface area contributed by atoms with E-state index in [-0.39, 0.29) is 10.8 Å². The van der Waals surface area contributed by atoms with E-state index >= 15 is 0 Å². The number of rotatable bonds is 1. The molecule has 84 valence electrons. The molecule has 2 aliphatic rings. The van der Waals surface area contributed by atoms with Crippen LogP contribution in [0, 0.1) is 16.2 Å². The van der Waals surface area contributed by atoms with Gasteiger partial charge >= 0.3 is 5.97 Å². The summed E-state index contributed by atoms with van der Waals surface area (Å²) in [4.78, 5) is 11.5. The molecule has 0 saturated heterocycles. The normalized spacial score (nSPS) is 44.9. The molecular formula is C11H18N2O2. The molecule has 2 unspecified atom stereocenters. The van der Waals surface area contributed by atoms with Crippen molar-refractivity contribution in [3.05, 3.63) is 0 Å². The van der Waals surface area contributed by atoms with Crippen LogP contribution in [0.4, 0.5) is 0 Å². The minimum Gasteiger partial charge on any atom is -0.481 e. The second-order valence-electron chi connectivity index (χ2n) is 5.60. The molecule has 4 nitrogen and oxygen atoms in total. The fraction of sp³-hybridized carbons (Fsp3) is 0.818. The van der Waals surface area contributed by atoms with Gasteiger partial charge in [0.05, 0.1) is 5.41 Å². The lowest BCUT2D eigenvalue weighted by molar-refractivity contribution is -0.154. The third kappa shape index (κ3) is 0.840. The summed E-state index contributed by atoms with van der Waals surface area (Å²) in [5.41, 5.74) is -0.175. The zero-order valence-corrected chi connectivity index (χ0v) is 9.50. The van der Waals surface area contributed by atoms with E-state index in [2.05, 4.69) is 12.0 Å². The highest BCUT2D eigenvalue weighted by molar-refractivity contribution is 6.00. The van der Waals surface area contributed by atoms with Gasteiger partial charge in [0, 0.05) is 17.5 Å². The quantitative estimate of drug-likeness (QED) is 0.510. The molecular weight excluding hydrogens is 192 g/mol. The first kappa shape index (κ1) is 10.5. The standard InChI is InChI=1S/C11H18N2O2/c1-9(2)10(3)4-5-11(9,8(14)15)6-7(10)13-12/h4-6,12H2,1-3H3,(H,14,15). The lowest BCUT2D eigenvalue weighted by Gasteiger charge is -2.37. The molecule has 0 amide bonds. The topological polar surface area (TPSA) is 75.7 Å². The van der Waals surface area contributed by atoms with E-state index in [1.807, 2.05) is 13.8 Å². The van der Waals surface area contributed by atoms with E-state index in [1.165, 1.54) is 0 Å². The van der Waals surface area contributed by atoms with E-state index in [0.717, 1.165) is 18.6 Å². The summed E-state index contributed by atoms with van der Waals surface area (Å²) < 4.78 is 0. The number of hydrogen-bond acceptors (Lipinski definition) is 3. The fourth-order valence-corrected chi connectivity index (χ4v) is 3.55. The van der Waals surface area contributed by atoms with Crippen LogP contribution >= 0.6 is 0 Å². The highest BCUT2D eigenvalue weighted by Crippen LogP contribution is 2.70. The highest BCUT2D eigenvalue weighted by Gasteiger charge is 2.71. The SMILES string of the molecule is CC12CCC(C(=O)O)(CC1=NN)C2(C)C. The summed E-state index contributed by atoms with van der Waals surface area (Å²) >= 11 is 0. The molecule has 0 spiro atoms. The molecule has 0 heterocycles. The predicted molar refractivity (Wildman–Crippen MR) is 57.4 cm³/mol. The van der Waals surface area contributed by atoms with E-state index < -0.39 is 11.4 Å². The Morgan fingerprint density at radius 1 is 1.40 bits per heavy atom. The molecule has 0 aromatic heterocycles. The van der Waals surface area contributed by atoms with Gasteiger partial charge in [-0.25, -0.2) is 0 Å². The van der Waals surface area contributed by atoms with Gasteiger partial charge in [-0.05, 0) is 18.3 Å². The summed E-state index contributed by atoms with van der Waals surface area (Å²) in [6.07, 6.45) is 2.13. The minimum absolute atomic E-state index is 0.139. The van der Waals surface area contributed by atoms with Crippen LogP contribution in [-0.2, 0) is 4.79 Å². The van der Waals surface area contributed by atoms with Gasteiger partial charge in [-0.15, -0.1) is 0 Å². The van der Waals surface area contributed by atoms with Gasteiger partial charge in [0.15, 0.2) is 0 Å². The van der Waals surface area contributed by atoms with Crippen molar-refractivity contribution in [1.29, 1.82) is 0 Å². The smallest absolute Gasteiger partial charge is 0.310 e. The molecule has 2 rings (SSSR count). The van der Waals surface area contributed by atoms with Gasteiger partial charge < -0.3 is 10.9 Å². The van der Waals surface area contributed by atoms with Crippen molar-refractivity contribution in [2.24, 2.45) is 27.2 Å². The maximum absolute atomic E-state index is 11.5. The average molecular weight is 210 g/mol. The largest absolute Gasteiger partial charge is 0.481 e. The Balaban J connectivity index is 2.61. The first-order valence-electron chi connectivity index (χ1n) is 5.32. The number of carboxylic acids is 1. The molecule has 4 heteroatoms. The van der Waals surface area contributed by atoms with Gasteiger partial charge in [-0.1, -0.05) is 20.8 Å². The van der Waals surface area contributed by atoms with Crippen LogP contribution in [0.3, 0.4) is 0 Å². The van der Waals surface area contributed by atoms with E-state index in [1.54, 1.807) is 0 Å². The number of fused-ring (bicyclic) bond motifs is 2. The molecule has 2 bridgehead atoms. The van der Waals surface area contributed by atoms with Crippen molar-refractivity contribution >= 4 is 11.7 Å². The van der Waals surface area contributed by atoms with Crippen LogP contribution < -0.4 is 5.84 Å². The molecule has 2 saturated carbocycles. The second-order valence-corrected chi connectivity index (χ2v) is 5.60. The maximum Gasteiger partial charge on any atom is 0.310 e. The van der Waals surface area contributed by atoms with Crippen molar-refractivity contribution < 1.29 is 9.90 Å². The third-order valence-electron chi connectivity index (χ3n) is 5.30. The molecule has 0 aromatic carbocycles. The van der Waals surface area contributed by atoms with Crippen molar-refractivity contribution in [3.8, 4) is 0 Å². The van der Waals surface area contributed by atoms with E-state index in [9.17, 15) is 9.90 Å². The summed E-state index contributed by atoms with van der Waals surface area (Å²) in [5, 5.41) is 13.3. The number of hydrogen-bond donors (Lipinski definition) is 2. The van der Waals surface area contributed by atoms with Gasteiger partial charge in [0.25, 0.3) is 0 Å². The summed E-state index contributed by atoms with van der Waals surface area (Å²) in [5.74, 6) is 4.68. The highest BCUT2D eigenvalue weighted by atomic mass is 16.4. The van der Waals surface area contributed by atoms with Crippen LogP contribution in [0.1, 0.15) is 40.0 Å².